The van der Waals surface area contributed by atoms with Crippen molar-refractivity contribution in [3.8, 4) is 0 Å². The Balaban J connectivity index is 2.04. The molecule has 1 N–H and O–H groups in total. The second-order valence-electron chi connectivity index (χ2n) is 4.05. The van der Waals surface area contributed by atoms with E-state index in [0.717, 1.165) is 16.0 Å². The lowest BCUT2D eigenvalue weighted by Gasteiger charge is -2.07. The van der Waals surface area contributed by atoms with Gasteiger partial charge in [-0.05, 0) is 36.2 Å². The molecule has 0 saturated heterocycles. The highest BCUT2D eigenvalue weighted by Crippen LogP contribution is 2.25. The van der Waals surface area contributed by atoms with E-state index in [1.807, 2.05) is 24.3 Å². The van der Waals surface area contributed by atoms with Crippen LogP contribution >= 0.6 is 11.8 Å². The van der Waals surface area contributed by atoms with Crippen LogP contribution in [0.2, 0.25) is 0 Å². The number of benzene rings is 1. The van der Waals surface area contributed by atoms with Gasteiger partial charge in [0.25, 0.3) is 0 Å². The van der Waals surface area contributed by atoms with Crippen LogP contribution in [0.3, 0.4) is 0 Å². The summed E-state index contributed by atoms with van der Waals surface area (Å²) < 4.78 is 13.0. The Morgan fingerprint density at radius 2 is 2.17 bits per heavy atom. The SMILES string of the molecule is CC(O)c1cccc(SCc2cncc(F)c2)c1. The van der Waals surface area contributed by atoms with Gasteiger partial charge < -0.3 is 5.11 Å². The first kappa shape index (κ1) is 13.1. The molecular formula is C14H14FNOS. The number of aliphatic hydroxyl groups is 1. The van der Waals surface area contributed by atoms with Crippen molar-refractivity contribution in [1.82, 2.24) is 4.98 Å². The first-order chi connectivity index (χ1) is 8.65. The molecule has 0 saturated carbocycles. The molecule has 1 atom stereocenters. The number of aliphatic hydroxyl groups excluding tert-OH is 1. The van der Waals surface area contributed by atoms with Crippen molar-refractivity contribution in [2.24, 2.45) is 0 Å². The van der Waals surface area contributed by atoms with E-state index >= 15 is 0 Å². The van der Waals surface area contributed by atoms with Crippen molar-refractivity contribution in [1.29, 1.82) is 0 Å². The standard InChI is InChI=1S/C14H14FNOS/c1-10(17)12-3-2-4-14(6-12)18-9-11-5-13(15)8-16-7-11/h2-8,10,17H,9H2,1H3. The minimum Gasteiger partial charge on any atom is -0.389 e. The van der Waals surface area contributed by atoms with E-state index in [4.69, 9.17) is 0 Å². The molecule has 18 heavy (non-hydrogen) atoms. The van der Waals surface area contributed by atoms with E-state index in [9.17, 15) is 9.50 Å². The van der Waals surface area contributed by atoms with Gasteiger partial charge in [-0.2, -0.15) is 0 Å². The van der Waals surface area contributed by atoms with Gasteiger partial charge in [0.15, 0.2) is 0 Å². The highest BCUT2D eigenvalue weighted by Gasteiger charge is 2.03. The number of rotatable bonds is 4. The summed E-state index contributed by atoms with van der Waals surface area (Å²) in [6.07, 6.45) is 2.39. The minimum absolute atomic E-state index is 0.314. The molecule has 0 spiro atoms. The number of thioether (sulfide) groups is 1. The summed E-state index contributed by atoms with van der Waals surface area (Å²) in [6, 6.07) is 9.20. The molecule has 2 nitrogen and oxygen atoms in total. The van der Waals surface area contributed by atoms with Gasteiger partial charge in [-0.1, -0.05) is 12.1 Å². The summed E-state index contributed by atoms with van der Waals surface area (Å²) >= 11 is 1.60. The highest BCUT2D eigenvalue weighted by atomic mass is 32.2. The summed E-state index contributed by atoms with van der Waals surface area (Å²) in [5.74, 6) is 0.347. The summed E-state index contributed by atoms with van der Waals surface area (Å²) in [7, 11) is 0. The van der Waals surface area contributed by atoms with Crippen LogP contribution in [0.5, 0.6) is 0 Å². The first-order valence-electron chi connectivity index (χ1n) is 5.65. The molecule has 1 aromatic carbocycles. The third kappa shape index (κ3) is 3.55. The number of pyridine rings is 1. The minimum atomic E-state index is -0.471. The molecule has 0 amide bonds. The van der Waals surface area contributed by atoms with Crippen LogP contribution in [0.4, 0.5) is 4.39 Å². The number of nitrogens with zero attached hydrogens (tertiary/aromatic N) is 1. The molecule has 1 aromatic heterocycles. The molecule has 0 fully saturated rings. The van der Waals surface area contributed by atoms with Crippen LogP contribution in [0.15, 0.2) is 47.6 Å². The zero-order valence-corrected chi connectivity index (χ0v) is 10.8. The third-order valence-corrected chi connectivity index (χ3v) is 3.57. The second kappa shape index (κ2) is 5.98. The van der Waals surface area contributed by atoms with Crippen molar-refractivity contribution < 1.29 is 9.50 Å². The van der Waals surface area contributed by atoms with Crippen molar-refractivity contribution in [2.45, 2.75) is 23.7 Å². The largest absolute Gasteiger partial charge is 0.389 e. The second-order valence-corrected chi connectivity index (χ2v) is 5.10. The molecule has 0 aliphatic rings. The topological polar surface area (TPSA) is 33.1 Å². The fourth-order valence-electron chi connectivity index (χ4n) is 1.57. The Labute approximate surface area is 110 Å². The fraction of sp³-hybridized carbons (Fsp3) is 0.214. The number of hydrogen-bond donors (Lipinski definition) is 1. The van der Waals surface area contributed by atoms with Gasteiger partial charge in [0.1, 0.15) is 5.82 Å². The number of halogens is 1. The Bertz CT molecular complexity index is 531. The average molecular weight is 263 g/mol. The Morgan fingerprint density at radius 3 is 2.89 bits per heavy atom. The predicted octanol–water partition coefficient (Wildman–Crippen LogP) is 3.57. The summed E-state index contributed by atoms with van der Waals surface area (Å²) in [4.78, 5) is 4.87. The van der Waals surface area contributed by atoms with E-state index in [2.05, 4.69) is 4.98 Å². The monoisotopic (exact) mass is 263 g/mol. The van der Waals surface area contributed by atoms with E-state index in [1.54, 1.807) is 24.9 Å². The third-order valence-electron chi connectivity index (χ3n) is 2.51. The summed E-state index contributed by atoms with van der Waals surface area (Å²) in [5.41, 5.74) is 1.74. The molecular weight excluding hydrogens is 249 g/mol. The van der Waals surface area contributed by atoms with E-state index in [-0.39, 0.29) is 5.82 Å². The summed E-state index contributed by atoms with van der Waals surface area (Å²) in [6.45, 7) is 1.74. The van der Waals surface area contributed by atoms with E-state index < -0.39 is 6.10 Å². The van der Waals surface area contributed by atoms with Gasteiger partial charge in [-0.3, -0.25) is 4.98 Å². The van der Waals surface area contributed by atoms with Gasteiger partial charge in [-0.15, -0.1) is 11.8 Å². The molecule has 2 rings (SSSR count). The van der Waals surface area contributed by atoms with Gasteiger partial charge >= 0.3 is 0 Å². The maximum Gasteiger partial charge on any atom is 0.141 e. The number of hydrogen-bond acceptors (Lipinski definition) is 3. The quantitative estimate of drug-likeness (QED) is 0.856. The fourth-order valence-corrected chi connectivity index (χ4v) is 2.45. The average Bonchev–Trinajstić information content (AvgIpc) is 2.37. The smallest absolute Gasteiger partial charge is 0.141 e. The zero-order chi connectivity index (χ0) is 13.0. The molecule has 0 aliphatic heterocycles. The van der Waals surface area contributed by atoms with Crippen molar-refractivity contribution in [2.75, 3.05) is 0 Å². The van der Waals surface area contributed by atoms with Crippen molar-refractivity contribution in [3.63, 3.8) is 0 Å². The summed E-state index contributed by atoms with van der Waals surface area (Å²) in [5, 5.41) is 9.50. The zero-order valence-electron chi connectivity index (χ0n) is 10.0. The van der Waals surface area contributed by atoms with Gasteiger partial charge in [0.05, 0.1) is 12.3 Å². The van der Waals surface area contributed by atoms with Crippen molar-refractivity contribution in [3.05, 3.63) is 59.7 Å². The van der Waals surface area contributed by atoms with E-state index in [0.29, 0.717) is 5.75 Å². The lowest BCUT2D eigenvalue weighted by molar-refractivity contribution is 0.199. The molecule has 2 aromatic rings. The van der Waals surface area contributed by atoms with Crippen LogP contribution in [0, 0.1) is 5.82 Å². The molecule has 1 heterocycles. The molecule has 1 unspecified atom stereocenters. The van der Waals surface area contributed by atoms with E-state index in [1.165, 1.54) is 12.3 Å². The Hall–Kier alpha value is -1.39. The Morgan fingerprint density at radius 1 is 1.33 bits per heavy atom. The van der Waals surface area contributed by atoms with Crippen LogP contribution in [0.1, 0.15) is 24.2 Å². The number of aromatic nitrogens is 1. The Kier molecular flexibility index (Phi) is 4.33. The maximum atomic E-state index is 13.0. The molecule has 0 aliphatic carbocycles. The van der Waals surface area contributed by atoms with Crippen molar-refractivity contribution >= 4 is 11.8 Å². The van der Waals surface area contributed by atoms with Crippen LogP contribution in [0.25, 0.3) is 0 Å². The van der Waals surface area contributed by atoms with Crippen LogP contribution < -0.4 is 0 Å². The maximum absolute atomic E-state index is 13.0. The first-order valence-corrected chi connectivity index (χ1v) is 6.64. The predicted molar refractivity (Wildman–Crippen MR) is 70.8 cm³/mol. The normalized spacial score (nSPS) is 12.4. The highest BCUT2D eigenvalue weighted by molar-refractivity contribution is 7.98. The molecule has 0 bridgehead atoms. The van der Waals surface area contributed by atoms with Crippen LogP contribution in [-0.2, 0) is 5.75 Å². The lowest BCUT2D eigenvalue weighted by Crippen LogP contribution is -1.90. The van der Waals surface area contributed by atoms with Gasteiger partial charge in [0, 0.05) is 16.8 Å². The molecule has 94 valence electrons. The molecule has 4 heteroatoms. The van der Waals surface area contributed by atoms with Crippen LogP contribution in [-0.4, -0.2) is 10.1 Å². The van der Waals surface area contributed by atoms with Gasteiger partial charge in [-0.25, -0.2) is 4.39 Å². The molecule has 0 radical (unpaired) electrons. The lowest BCUT2D eigenvalue weighted by atomic mass is 10.1. The van der Waals surface area contributed by atoms with Gasteiger partial charge in [0.2, 0.25) is 0 Å².